The molecule has 1 aliphatic heterocycles. The second-order valence-electron chi connectivity index (χ2n) is 4.69. The summed E-state index contributed by atoms with van der Waals surface area (Å²) in [5, 5.41) is 8.94. The minimum Gasteiger partial charge on any atom is -0.394 e. The summed E-state index contributed by atoms with van der Waals surface area (Å²) in [6.45, 7) is 0.802. The number of hydrogen-bond donors (Lipinski definition) is 2. The van der Waals surface area contributed by atoms with Crippen LogP contribution in [0.1, 0.15) is 18.2 Å². The molecule has 0 unspecified atom stereocenters. The van der Waals surface area contributed by atoms with Crippen LogP contribution in [0.4, 0.5) is 13.2 Å². The zero-order valence-corrected chi connectivity index (χ0v) is 10.5. The van der Waals surface area contributed by atoms with Gasteiger partial charge in [0.15, 0.2) is 0 Å². The summed E-state index contributed by atoms with van der Waals surface area (Å²) in [7, 11) is 0. The summed E-state index contributed by atoms with van der Waals surface area (Å²) >= 11 is 0. The third-order valence-corrected chi connectivity index (χ3v) is 3.24. The van der Waals surface area contributed by atoms with E-state index in [0.29, 0.717) is 4.57 Å². The van der Waals surface area contributed by atoms with Crippen LogP contribution in [0.2, 0.25) is 0 Å². The third-order valence-electron chi connectivity index (χ3n) is 3.24. The summed E-state index contributed by atoms with van der Waals surface area (Å²) < 4.78 is 44.7. The summed E-state index contributed by atoms with van der Waals surface area (Å²) in [5.74, 6) is -1.91. The Morgan fingerprint density at radius 3 is 2.70 bits per heavy atom. The van der Waals surface area contributed by atoms with Gasteiger partial charge < -0.3 is 9.84 Å². The quantitative estimate of drug-likeness (QED) is 0.822. The fourth-order valence-electron chi connectivity index (χ4n) is 2.19. The van der Waals surface area contributed by atoms with Crippen molar-refractivity contribution in [2.75, 3.05) is 6.61 Å². The number of nitrogens with zero attached hydrogens (tertiary/aromatic N) is 1. The lowest BCUT2D eigenvalue weighted by Crippen LogP contribution is -2.38. The molecule has 20 heavy (non-hydrogen) atoms. The molecule has 0 aromatic carbocycles. The lowest BCUT2D eigenvalue weighted by atomic mass is 10.0. The number of aryl methyl sites for hydroxylation is 1. The smallest absolute Gasteiger partial charge is 0.394 e. The van der Waals surface area contributed by atoms with E-state index >= 15 is 0 Å². The molecule has 0 radical (unpaired) electrons. The van der Waals surface area contributed by atoms with Gasteiger partial charge in [0.25, 0.3) is 5.56 Å². The normalized spacial score (nSPS) is 26.9. The molecule has 112 valence electrons. The SMILES string of the molecule is Cc1cn([C@@H]2O[C@H](CO)C[C@@H]2C(F)(F)F)c(=O)[nH]c1=O. The maximum Gasteiger partial charge on any atom is 0.396 e. The maximum atomic E-state index is 13.0. The van der Waals surface area contributed by atoms with Crippen molar-refractivity contribution in [3.05, 3.63) is 32.6 Å². The minimum atomic E-state index is -4.57. The van der Waals surface area contributed by atoms with Crippen molar-refractivity contribution in [1.82, 2.24) is 9.55 Å². The number of rotatable bonds is 2. The van der Waals surface area contributed by atoms with Gasteiger partial charge in [0.1, 0.15) is 12.1 Å². The van der Waals surface area contributed by atoms with Crippen LogP contribution < -0.4 is 11.2 Å². The summed E-state index contributed by atoms with van der Waals surface area (Å²) in [5.41, 5.74) is -1.54. The number of aliphatic hydroxyl groups is 1. The van der Waals surface area contributed by atoms with E-state index in [1.807, 2.05) is 4.98 Å². The molecule has 2 rings (SSSR count). The molecule has 1 fully saturated rings. The average molecular weight is 294 g/mol. The van der Waals surface area contributed by atoms with Crippen molar-refractivity contribution in [2.24, 2.45) is 5.92 Å². The molecule has 2 N–H and O–H groups in total. The predicted octanol–water partition coefficient (Wildman–Crippen LogP) is 0.303. The lowest BCUT2D eigenvalue weighted by molar-refractivity contribution is -0.198. The standard InChI is InChI=1S/C11H13F3N2O4/c1-5-3-16(10(19)15-8(5)18)9-7(11(12,13)14)2-6(4-17)20-9/h3,6-7,9,17H,2,4H2,1H3,(H,15,18,19)/t6-,7-,9+/m0/s1. The fraction of sp³-hybridized carbons (Fsp3) is 0.636. The Hall–Kier alpha value is -1.61. The van der Waals surface area contributed by atoms with Crippen LogP contribution in [0.3, 0.4) is 0 Å². The van der Waals surface area contributed by atoms with Crippen LogP contribution in [0.15, 0.2) is 15.8 Å². The van der Waals surface area contributed by atoms with Gasteiger partial charge in [-0.15, -0.1) is 0 Å². The van der Waals surface area contributed by atoms with E-state index in [4.69, 9.17) is 9.84 Å². The first-order chi connectivity index (χ1) is 9.24. The van der Waals surface area contributed by atoms with E-state index < -0.39 is 48.7 Å². The third kappa shape index (κ3) is 2.63. The molecule has 2 heterocycles. The maximum absolute atomic E-state index is 13.0. The summed E-state index contributed by atoms with van der Waals surface area (Å²) in [4.78, 5) is 24.8. The first-order valence-corrected chi connectivity index (χ1v) is 5.89. The zero-order chi connectivity index (χ0) is 15.1. The van der Waals surface area contributed by atoms with E-state index in [9.17, 15) is 22.8 Å². The Balaban J connectivity index is 2.47. The molecular weight excluding hydrogens is 281 g/mol. The number of ether oxygens (including phenoxy) is 1. The number of aliphatic hydroxyl groups excluding tert-OH is 1. The van der Waals surface area contributed by atoms with Gasteiger partial charge in [-0.25, -0.2) is 4.79 Å². The van der Waals surface area contributed by atoms with E-state index in [1.165, 1.54) is 6.92 Å². The van der Waals surface area contributed by atoms with Crippen molar-refractivity contribution in [3.63, 3.8) is 0 Å². The van der Waals surface area contributed by atoms with Crippen LogP contribution >= 0.6 is 0 Å². The monoisotopic (exact) mass is 294 g/mol. The number of nitrogens with one attached hydrogen (secondary N) is 1. The lowest BCUT2D eigenvalue weighted by Gasteiger charge is -2.22. The number of halogens is 3. The van der Waals surface area contributed by atoms with Gasteiger partial charge in [-0.05, 0) is 13.3 Å². The molecule has 1 aromatic rings. The zero-order valence-electron chi connectivity index (χ0n) is 10.5. The molecule has 0 spiro atoms. The largest absolute Gasteiger partial charge is 0.396 e. The van der Waals surface area contributed by atoms with Gasteiger partial charge in [0.2, 0.25) is 0 Å². The highest BCUT2D eigenvalue weighted by Gasteiger charge is 2.52. The molecule has 0 saturated carbocycles. The molecule has 0 amide bonds. The number of aromatic nitrogens is 2. The van der Waals surface area contributed by atoms with Crippen molar-refractivity contribution in [2.45, 2.75) is 31.9 Å². The van der Waals surface area contributed by atoms with Crippen molar-refractivity contribution in [1.29, 1.82) is 0 Å². The Morgan fingerprint density at radius 2 is 2.15 bits per heavy atom. The molecule has 1 aliphatic rings. The van der Waals surface area contributed by atoms with Crippen molar-refractivity contribution in [3.8, 4) is 0 Å². The minimum absolute atomic E-state index is 0.0987. The van der Waals surface area contributed by atoms with Gasteiger partial charge in [-0.2, -0.15) is 13.2 Å². The second-order valence-corrected chi connectivity index (χ2v) is 4.69. The van der Waals surface area contributed by atoms with Gasteiger partial charge >= 0.3 is 11.9 Å². The van der Waals surface area contributed by atoms with Gasteiger partial charge in [0, 0.05) is 11.8 Å². The van der Waals surface area contributed by atoms with E-state index in [2.05, 4.69) is 0 Å². The molecule has 6 nitrogen and oxygen atoms in total. The van der Waals surface area contributed by atoms with Crippen molar-refractivity contribution >= 4 is 0 Å². The van der Waals surface area contributed by atoms with Crippen LogP contribution in [0, 0.1) is 12.8 Å². The Morgan fingerprint density at radius 1 is 1.50 bits per heavy atom. The summed E-state index contributed by atoms with van der Waals surface area (Å²) in [6, 6.07) is 0. The fourth-order valence-corrected chi connectivity index (χ4v) is 2.19. The van der Waals surface area contributed by atoms with Crippen LogP contribution in [-0.4, -0.2) is 33.5 Å². The predicted molar refractivity (Wildman–Crippen MR) is 61.2 cm³/mol. The highest BCUT2D eigenvalue weighted by atomic mass is 19.4. The average Bonchev–Trinajstić information content (AvgIpc) is 2.77. The number of H-pyrrole nitrogens is 1. The molecule has 0 aliphatic carbocycles. The highest BCUT2D eigenvalue weighted by molar-refractivity contribution is 5.02. The van der Waals surface area contributed by atoms with E-state index in [1.54, 1.807) is 0 Å². The summed E-state index contributed by atoms with van der Waals surface area (Å²) in [6.07, 6.45) is -6.56. The molecular formula is C11H13F3N2O4. The van der Waals surface area contributed by atoms with Gasteiger partial charge in [-0.3, -0.25) is 14.3 Å². The number of alkyl halides is 3. The van der Waals surface area contributed by atoms with Crippen LogP contribution in [0.5, 0.6) is 0 Å². The molecule has 3 atom stereocenters. The van der Waals surface area contributed by atoms with Crippen molar-refractivity contribution < 1.29 is 23.0 Å². The van der Waals surface area contributed by atoms with Gasteiger partial charge in [-0.1, -0.05) is 0 Å². The van der Waals surface area contributed by atoms with Crippen LogP contribution in [-0.2, 0) is 4.74 Å². The molecule has 1 saturated heterocycles. The molecule has 0 bridgehead atoms. The molecule has 1 aromatic heterocycles. The molecule has 9 heteroatoms. The Labute approximate surface area is 110 Å². The van der Waals surface area contributed by atoms with E-state index in [-0.39, 0.29) is 5.56 Å². The number of hydrogen-bond acceptors (Lipinski definition) is 4. The number of aromatic amines is 1. The topological polar surface area (TPSA) is 84.3 Å². The Bertz CT molecular complexity index is 607. The second kappa shape index (κ2) is 5.06. The first-order valence-electron chi connectivity index (χ1n) is 5.89. The van der Waals surface area contributed by atoms with Gasteiger partial charge in [0.05, 0.1) is 12.7 Å². The highest BCUT2D eigenvalue weighted by Crippen LogP contribution is 2.43. The Kier molecular flexibility index (Phi) is 3.74. The van der Waals surface area contributed by atoms with E-state index in [0.717, 1.165) is 6.20 Å². The first kappa shape index (κ1) is 14.8. The van der Waals surface area contributed by atoms with Crippen LogP contribution in [0.25, 0.3) is 0 Å².